The monoisotopic (exact) mass is 796 g/mol. The fourth-order valence-corrected chi connectivity index (χ4v) is 11.2. The van der Waals surface area contributed by atoms with Gasteiger partial charge in [-0.2, -0.15) is 0 Å². The highest BCUT2D eigenvalue weighted by Crippen LogP contribution is 2.67. The van der Waals surface area contributed by atoms with Crippen LogP contribution in [0.1, 0.15) is 128 Å². The van der Waals surface area contributed by atoms with Crippen molar-refractivity contribution in [1.82, 2.24) is 0 Å². The minimum absolute atomic E-state index is 0.00662. The van der Waals surface area contributed by atoms with Crippen molar-refractivity contribution in [3.63, 3.8) is 0 Å². The summed E-state index contributed by atoms with van der Waals surface area (Å²) in [6, 6.07) is 43.1. The van der Waals surface area contributed by atoms with Gasteiger partial charge in [-0.25, -0.2) is 0 Å². The van der Waals surface area contributed by atoms with Crippen molar-refractivity contribution in [1.29, 1.82) is 0 Å². The van der Waals surface area contributed by atoms with E-state index < -0.39 is 10.6 Å². The molecule has 0 fully saturated rings. The topological polar surface area (TPSA) is 40.5 Å². The van der Waals surface area contributed by atoms with Gasteiger partial charge in [0.05, 0.1) is 9.79 Å². The molecule has 7 aromatic carbocycles. The summed E-state index contributed by atoms with van der Waals surface area (Å²) in [6.07, 6.45) is 0.889. The van der Waals surface area contributed by atoms with Crippen LogP contribution in [-0.4, -0.2) is 9.11 Å². The molecule has 0 amide bonds. The van der Waals surface area contributed by atoms with Gasteiger partial charge in [0.25, 0.3) is 0 Å². The highest BCUT2D eigenvalue weighted by Gasteiger charge is 2.36. The van der Waals surface area contributed by atoms with E-state index in [1.54, 1.807) is 0 Å². The summed E-state index contributed by atoms with van der Waals surface area (Å²) in [7, 11) is -3.18. The number of fused-ring (bicyclic) bond motifs is 9. The predicted molar refractivity (Wildman–Crippen MR) is 254 cm³/mol. The molecule has 2 aliphatic rings. The molecule has 302 valence electrons. The van der Waals surface area contributed by atoms with Gasteiger partial charge >= 0.3 is 0 Å². The molecule has 1 atom stereocenters. The van der Waals surface area contributed by atoms with E-state index in [4.69, 9.17) is 0 Å². The van der Waals surface area contributed by atoms with E-state index in [-0.39, 0.29) is 27.6 Å². The van der Waals surface area contributed by atoms with Crippen molar-refractivity contribution < 1.29 is 9.11 Å². The Bertz CT molecular complexity index is 2860. The van der Waals surface area contributed by atoms with Crippen molar-refractivity contribution in [2.45, 2.75) is 127 Å². The van der Waals surface area contributed by atoms with E-state index in [1.807, 2.05) is 12.1 Å². The Morgan fingerprint density at radius 3 is 1.59 bits per heavy atom. The molecular weight excluding hydrogens is 737 g/mol. The summed E-state index contributed by atoms with van der Waals surface area (Å²) in [6.45, 7) is 27.4. The summed E-state index contributed by atoms with van der Waals surface area (Å²) in [5.41, 5.74) is 16.0. The maximum Gasteiger partial charge on any atom is 0.0716 e. The molecule has 7 aromatic rings. The van der Waals surface area contributed by atoms with Crippen LogP contribution in [-0.2, 0) is 28.1 Å². The van der Waals surface area contributed by atoms with Crippen LogP contribution in [0.2, 0.25) is 0 Å². The second kappa shape index (κ2) is 13.2. The average molecular weight is 797 g/mol. The number of benzene rings is 7. The molecule has 9 rings (SSSR count). The maximum absolute atomic E-state index is 11.9. The third kappa shape index (κ3) is 6.65. The Balaban J connectivity index is 1.20. The van der Waals surface area contributed by atoms with E-state index in [2.05, 4.69) is 186 Å². The molecule has 1 heterocycles. The summed E-state index contributed by atoms with van der Waals surface area (Å²) in [4.78, 5) is 1.23. The molecule has 2 nitrogen and oxygen atoms in total. The fraction of sp³-hybridized carbons (Fsp3) is 0.321. The molecule has 59 heavy (non-hydrogen) atoms. The molecule has 0 spiro atoms. The Labute approximate surface area is 354 Å². The predicted octanol–water partition coefficient (Wildman–Crippen LogP) is 16.4. The average Bonchev–Trinajstić information content (AvgIpc) is 3.39. The first kappa shape index (κ1) is 39.8. The Morgan fingerprint density at radius 1 is 0.424 bits per heavy atom. The van der Waals surface area contributed by atoms with Crippen LogP contribution in [0, 0.1) is 0 Å². The molecule has 0 aromatic heterocycles. The van der Waals surface area contributed by atoms with E-state index in [9.17, 15) is 9.11 Å². The number of hydrogen-bond acceptors (Lipinski definition) is 2. The van der Waals surface area contributed by atoms with Crippen LogP contribution < -0.4 is 0 Å². The first-order valence-corrected chi connectivity index (χ1v) is 22.9. The summed E-state index contributed by atoms with van der Waals surface area (Å²) < 4.78 is 23.8. The van der Waals surface area contributed by atoms with Crippen LogP contribution in [0.5, 0.6) is 0 Å². The van der Waals surface area contributed by atoms with Gasteiger partial charge < -0.3 is 0 Å². The van der Waals surface area contributed by atoms with Gasteiger partial charge in [0.1, 0.15) is 0 Å². The quantitative estimate of drug-likeness (QED) is 0.171. The van der Waals surface area contributed by atoms with Gasteiger partial charge in [-0.15, -0.1) is 10.6 Å². The molecule has 0 saturated carbocycles. The van der Waals surface area contributed by atoms with Gasteiger partial charge in [-0.3, -0.25) is 9.11 Å². The highest BCUT2D eigenvalue weighted by atomic mass is 32.3. The van der Waals surface area contributed by atoms with E-state index in [0.717, 1.165) is 28.7 Å². The largest absolute Gasteiger partial charge is 0.290 e. The van der Waals surface area contributed by atoms with Crippen LogP contribution in [0.4, 0.5) is 0 Å². The molecule has 0 radical (unpaired) electrons. The molecule has 2 N–H and O–H groups in total. The molecular formula is C56H60O2S. The molecule has 1 aliphatic heterocycles. The van der Waals surface area contributed by atoms with Gasteiger partial charge in [-0.05, 0) is 147 Å². The lowest BCUT2D eigenvalue weighted by molar-refractivity contribution is 0.490. The van der Waals surface area contributed by atoms with Crippen LogP contribution >= 0.6 is 10.6 Å². The second-order valence-corrected chi connectivity index (χ2v) is 23.5. The first-order valence-electron chi connectivity index (χ1n) is 21.4. The zero-order chi connectivity index (χ0) is 42.2. The van der Waals surface area contributed by atoms with Gasteiger partial charge in [-0.1, -0.05) is 162 Å². The standard InChI is InChI=1S/C56H60O2S/c1-53(2,3)37-17-13-33-25-43(41-21-19-39(55(7,8)9)31-47(41)45(33)29-37)35-15-23-51-49(27-35)50-28-36(16-24-52(50)59(51,57)58)44-26-34-14-18-38(54(4,5)6)30-46(34)48-32-40(56(10,11)12)20-22-42(44)48/h13-25,27-32,44,57-58H,26H2,1-12H3. The Kier molecular flexibility index (Phi) is 8.87. The van der Waals surface area contributed by atoms with Gasteiger partial charge in [0.15, 0.2) is 0 Å². The summed E-state index contributed by atoms with van der Waals surface area (Å²) >= 11 is 0. The third-order valence-corrected chi connectivity index (χ3v) is 15.2. The zero-order valence-corrected chi connectivity index (χ0v) is 37.9. The smallest absolute Gasteiger partial charge is 0.0716 e. The van der Waals surface area contributed by atoms with E-state index in [1.165, 1.54) is 71.6 Å². The summed E-state index contributed by atoms with van der Waals surface area (Å²) in [5.74, 6) is 0.130. The summed E-state index contributed by atoms with van der Waals surface area (Å²) in [5, 5.41) is 4.94. The van der Waals surface area contributed by atoms with E-state index >= 15 is 0 Å². The van der Waals surface area contributed by atoms with Crippen molar-refractivity contribution in [2.24, 2.45) is 0 Å². The van der Waals surface area contributed by atoms with Crippen LogP contribution in [0.25, 0.3) is 54.9 Å². The van der Waals surface area contributed by atoms with Crippen molar-refractivity contribution in [3.8, 4) is 33.4 Å². The molecule has 3 heteroatoms. The van der Waals surface area contributed by atoms with Crippen molar-refractivity contribution in [3.05, 3.63) is 154 Å². The molecule has 1 aliphatic carbocycles. The minimum atomic E-state index is -3.18. The molecule has 1 unspecified atom stereocenters. The SMILES string of the molecule is CC(C)(C)c1ccc2c(c1)-c1cc(C(C)(C)C)ccc1C(c1ccc3c(c1)-c1cc(-c4cc5ccc(C(C)(C)C)cc5c5cc(C(C)(C)C)ccc45)ccc1S3(O)O)C2. The van der Waals surface area contributed by atoms with Gasteiger partial charge in [0, 0.05) is 17.0 Å². The molecule has 0 saturated heterocycles. The minimum Gasteiger partial charge on any atom is -0.290 e. The van der Waals surface area contributed by atoms with Crippen molar-refractivity contribution in [2.75, 3.05) is 0 Å². The first-order chi connectivity index (χ1) is 27.5. The lowest BCUT2D eigenvalue weighted by Crippen LogP contribution is -2.18. The Morgan fingerprint density at radius 2 is 0.949 bits per heavy atom. The van der Waals surface area contributed by atoms with Crippen molar-refractivity contribution >= 4 is 32.1 Å². The Hall–Kier alpha value is -4.67. The molecule has 0 bridgehead atoms. The number of hydrogen-bond donors (Lipinski definition) is 2. The lowest BCUT2D eigenvalue weighted by atomic mass is 9.72. The fourth-order valence-electron chi connectivity index (χ4n) is 9.48. The van der Waals surface area contributed by atoms with E-state index in [0.29, 0.717) is 9.79 Å². The number of rotatable bonds is 2. The zero-order valence-electron chi connectivity index (χ0n) is 37.1. The lowest BCUT2D eigenvalue weighted by Gasteiger charge is -2.32. The third-order valence-electron chi connectivity index (χ3n) is 13.3. The maximum atomic E-state index is 11.9. The van der Waals surface area contributed by atoms with Gasteiger partial charge in [0.2, 0.25) is 0 Å². The second-order valence-electron chi connectivity index (χ2n) is 21.6. The highest BCUT2D eigenvalue weighted by molar-refractivity contribution is 8.24. The normalized spacial score (nSPS) is 16.7. The van der Waals surface area contributed by atoms with Crippen LogP contribution in [0.15, 0.2) is 125 Å². The van der Waals surface area contributed by atoms with Crippen LogP contribution in [0.3, 0.4) is 0 Å².